The zero-order chi connectivity index (χ0) is 13.4. The number of hydrogen-bond acceptors (Lipinski definition) is 3. The maximum absolute atomic E-state index is 11.8. The number of hydrogen-bond donors (Lipinski definition) is 2. The van der Waals surface area contributed by atoms with E-state index < -0.39 is 5.97 Å². The molecule has 1 aromatic carbocycles. The lowest BCUT2D eigenvalue weighted by atomic mass is 10.1. The first-order valence-electron chi connectivity index (χ1n) is 6.18. The van der Waals surface area contributed by atoms with Gasteiger partial charge in [0.1, 0.15) is 0 Å². The molecule has 0 saturated heterocycles. The highest BCUT2D eigenvalue weighted by molar-refractivity contribution is 5.97. The molecule has 0 radical (unpaired) electrons. The fourth-order valence-electron chi connectivity index (χ4n) is 1.59. The zero-order valence-corrected chi connectivity index (χ0v) is 10.6. The summed E-state index contributed by atoms with van der Waals surface area (Å²) in [6.07, 6.45) is 1.63. The number of rotatable bonds is 8. The second kappa shape index (κ2) is 7.61. The molecule has 0 saturated carbocycles. The van der Waals surface area contributed by atoms with Gasteiger partial charge in [-0.3, -0.25) is 9.59 Å². The smallest absolute Gasteiger partial charge is 0.303 e. The lowest BCUT2D eigenvalue weighted by Crippen LogP contribution is -2.24. The van der Waals surface area contributed by atoms with E-state index in [1.54, 1.807) is 0 Å². The van der Waals surface area contributed by atoms with Crippen molar-refractivity contribution in [1.82, 2.24) is 5.32 Å². The number of aliphatic carboxylic acids is 1. The van der Waals surface area contributed by atoms with Crippen LogP contribution in [0.2, 0.25) is 0 Å². The van der Waals surface area contributed by atoms with Gasteiger partial charge >= 0.3 is 5.97 Å². The number of carbonyl (C=O) groups excluding carboxylic acids is 1. The van der Waals surface area contributed by atoms with Crippen LogP contribution in [0.5, 0.6) is 0 Å². The van der Waals surface area contributed by atoms with Crippen LogP contribution in [0, 0.1) is 0 Å². The van der Waals surface area contributed by atoms with Gasteiger partial charge in [-0.05, 0) is 24.9 Å². The first-order valence-corrected chi connectivity index (χ1v) is 6.18. The number of carbonyl (C=O) groups is 2. The Morgan fingerprint density at radius 1 is 1.22 bits per heavy atom. The molecule has 1 rings (SSSR count). The number of carboxylic acid groups (broad SMARTS) is 1. The van der Waals surface area contributed by atoms with Crippen LogP contribution in [0.15, 0.2) is 24.3 Å². The van der Waals surface area contributed by atoms with Crippen molar-refractivity contribution in [3.8, 4) is 0 Å². The van der Waals surface area contributed by atoms with Gasteiger partial charge in [-0.15, -0.1) is 0 Å². The SMILES string of the molecule is CCc1ccc(C(=O)CNCCCC(=O)O)cc1. The molecule has 0 unspecified atom stereocenters. The van der Waals surface area contributed by atoms with E-state index in [1.807, 2.05) is 24.3 Å². The molecule has 1 aromatic rings. The molecule has 2 N–H and O–H groups in total. The summed E-state index contributed by atoms with van der Waals surface area (Å²) in [4.78, 5) is 22.0. The Balaban J connectivity index is 2.29. The quantitative estimate of drug-likeness (QED) is 0.545. The summed E-state index contributed by atoms with van der Waals surface area (Å²) in [6, 6.07) is 7.58. The minimum Gasteiger partial charge on any atom is -0.481 e. The van der Waals surface area contributed by atoms with Gasteiger partial charge in [0.05, 0.1) is 6.54 Å². The molecule has 4 nitrogen and oxygen atoms in total. The minimum atomic E-state index is -0.807. The lowest BCUT2D eigenvalue weighted by Gasteiger charge is -2.04. The topological polar surface area (TPSA) is 66.4 Å². The average Bonchev–Trinajstić information content (AvgIpc) is 2.38. The Labute approximate surface area is 107 Å². The predicted octanol–water partition coefficient (Wildman–Crippen LogP) is 1.89. The van der Waals surface area contributed by atoms with E-state index in [0.29, 0.717) is 18.5 Å². The van der Waals surface area contributed by atoms with Crippen LogP contribution in [-0.4, -0.2) is 29.9 Å². The van der Waals surface area contributed by atoms with Gasteiger partial charge in [0.25, 0.3) is 0 Å². The monoisotopic (exact) mass is 249 g/mol. The predicted molar refractivity (Wildman–Crippen MR) is 69.9 cm³/mol. The molecule has 0 amide bonds. The molecule has 0 atom stereocenters. The fraction of sp³-hybridized carbons (Fsp3) is 0.429. The highest BCUT2D eigenvalue weighted by atomic mass is 16.4. The van der Waals surface area contributed by atoms with Crippen molar-refractivity contribution in [1.29, 1.82) is 0 Å². The molecule has 0 bridgehead atoms. The molecule has 98 valence electrons. The summed E-state index contributed by atoms with van der Waals surface area (Å²) in [5.41, 5.74) is 1.90. The van der Waals surface area contributed by atoms with Crippen molar-refractivity contribution in [2.24, 2.45) is 0 Å². The van der Waals surface area contributed by atoms with E-state index in [2.05, 4.69) is 12.2 Å². The summed E-state index contributed by atoms with van der Waals surface area (Å²) >= 11 is 0. The zero-order valence-electron chi connectivity index (χ0n) is 10.6. The van der Waals surface area contributed by atoms with Gasteiger partial charge in [0, 0.05) is 12.0 Å². The number of nitrogens with one attached hydrogen (secondary N) is 1. The second-order valence-electron chi connectivity index (χ2n) is 4.15. The maximum atomic E-state index is 11.8. The van der Waals surface area contributed by atoms with Crippen molar-refractivity contribution in [2.45, 2.75) is 26.2 Å². The molecule has 0 aromatic heterocycles. The number of benzene rings is 1. The number of carboxylic acids is 1. The fourth-order valence-corrected chi connectivity index (χ4v) is 1.59. The van der Waals surface area contributed by atoms with Crippen molar-refractivity contribution >= 4 is 11.8 Å². The molecule has 0 aliphatic rings. The van der Waals surface area contributed by atoms with Crippen LogP contribution >= 0.6 is 0 Å². The first kappa shape index (κ1) is 14.4. The normalized spacial score (nSPS) is 10.3. The van der Waals surface area contributed by atoms with Crippen molar-refractivity contribution < 1.29 is 14.7 Å². The van der Waals surface area contributed by atoms with Crippen molar-refractivity contribution in [3.05, 3.63) is 35.4 Å². The van der Waals surface area contributed by atoms with Crippen LogP contribution < -0.4 is 5.32 Å². The molecular formula is C14H19NO3. The van der Waals surface area contributed by atoms with Crippen molar-refractivity contribution in [2.75, 3.05) is 13.1 Å². The maximum Gasteiger partial charge on any atom is 0.303 e. The number of ketones is 1. The van der Waals surface area contributed by atoms with E-state index in [0.717, 1.165) is 6.42 Å². The standard InChI is InChI=1S/C14H19NO3/c1-2-11-5-7-12(8-6-11)13(16)10-15-9-3-4-14(17)18/h5-8,15H,2-4,9-10H2,1H3,(H,17,18). The number of aryl methyl sites for hydroxylation is 1. The summed E-state index contributed by atoms with van der Waals surface area (Å²) in [5.74, 6) is -0.772. The summed E-state index contributed by atoms with van der Waals surface area (Å²) in [6.45, 7) is 2.87. The Morgan fingerprint density at radius 3 is 2.44 bits per heavy atom. The third kappa shape index (κ3) is 5.10. The molecule has 0 aliphatic heterocycles. The van der Waals surface area contributed by atoms with Gasteiger partial charge < -0.3 is 10.4 Å². The molecule has 0 fully saturated rings. The Morgan fingerprint density at radius 2 is 1.89 bits per heavy atom. The van der Waals surface area contributed by atoms with E-state index >= 15 is 0 Å². The average molecular weight is 249 g/mol. The van der Waals surface area contributed by atoms with Crippen LogP contribution in [-0.2, 0) is 11.2 Å². The Hall–Kier alpha value is -1.68. The largest absolute Gasteiger partial charge is 0.481 e. The van der Waals surface area contributed by atoms with E-state index in [9.17, 15) is 9.59 Å². The first-order chi connectivity index (χ1) is 8.63. The summed E-state index contributed by atoms with van der Waals surface area (Å²) in [5, 5.41) is 11.4. The van der Waals surface area contributed by atoms with Gasteiger partial charge in [0.15, 0.2) is 5.78 Å². The third-order valence-electron chi connectivity index (χ3n) is 2.71. The third-order valence-corrected chi connectivity index (χ3v) is 2.71. The van der Waals surface area contributed by atoms with Crippen LogP contribution in [0.1, 0.15) is 35.7 Å². The lowest BCUT2D eigenvalue weighted by molar-refractivity contribution is -0.137. The van der Waals surface area contributed by atoms with Gasteiger partial charge in [-0.1, -0.05) is 31.2 Å². The summed E-state index contributed by atoms with van der Waals surface area (Å²) < 4.78 is 0. The Kier molecular flexibility index (Phi) is 6.08. The Bertz CT molecular complexity index is 398. The molecule has 0 aliphatic carbocycles. The van der Waals surface area contributed by atoms with Crippen LogP contribution in [0.25, 0.3) is 0 Å². The highest BCUT2D eigenvalue weighted by Gasteiger charge is 2.05. The van der Waals surface area contributed by atoms with Gasteiger partial charge in [-0.25, -0.2) is 0 Å². The van der Waals surface area contributed by atoms with E-state index in [-0.39, 0.29) is 18.7 Å². The molecule has 4 heteroatoms. The second-order valence-corrected chi connectivity index (χ2v) is 4.15. The van der Waals surface area contributed by atoms with Crippen LogP contribution in [0.4, 0.5) is 0 Å². The number of Topliss-reactive ketones (excluding diaryl/α,β-unsaturated/α-hetero) is 1. The highest BCUT2D eigenvalue weighted by Crippen LogP contribution is 2.05. The van der Waals surface area contributed by atoms with Crippen LogP contribution in [0.3, 0.4) is 0 Å². The van der Waals surface area contributed by atoms with E-state index in [1.165, 1.54) is 5.56 Å². The van der Waals surface area contributed by atoms with Crippen molar-refractivity contribution in [3.63, 3.8) is 0 Å². The minimum absolute atomic E-state index is 0.0352. The molecule has 18 heavy (non-hydrogen) atoms. The van der Waals surface area contributed by atoms with Gasteiger partial charge in [0.2, 0.25) is 0 Å². The molecule has 0 spiro atoms. The summed E-state index contributed by atoms with van der Waals surface area (Å²) in [7, 11) is 0. The van der Waals surface area contributed by atoms with Gasteiger partial charge in [-0.2, -0.15) is 0 Å². The van der Waals surface area contributed by atoms with E-state index in [4.69, 9.17) is 5.11 Å². The molecule has 0 heterocycles. The molecular weight excluding hydrogens is 230 g/mol.